The van der Waals surface area contributed by atoms with Crippen LogP contribution in [-0.2, 0) is 13.6 Å². The molecular weight excluding hydrogens is 472 g/mol. The summed E-state index contributed by atoms with van der Waals surface area (Å²) in [5, 5.41) is 2.12. The molecule has 160 valence electrons. The smallest absolute Gasteiger partial charge is 0.297 e. The Hall–Kier alpha value is -2.64. The van der Waals surface area contributed by atoms with Gasteiger partial charge in [0.05, 0.1) is 17.1 Å². The molecule has 4 rings (SSSR count). The molecule has 31 heavy (non-hydrogen) atoms. The van der Waals surface area contributed by atoms with Gasteiger partial charge >= 0.3 is 0 Å². The minimum Gasteiger partial charge on any atom is -0.316 e. The second-order valence-corrected chi connectivity index (χ2v) is 9.69. The first-order chi connectivity index (χ1) is 14.9. The first kappa shape index (κ1) is 21.6. The van der Waals surface area contributed by atoms with Crippen LogP contribution in [0, 0.1) is 12.8 Å². The van der Waals surface area contributed by atoms with Gasteiger partial charge in [0.25, 0.3) is 5.56 Å². The van der Waals surface area contributed by atoms with Crippen molar-refractivity contribution in [1.29, 1.82) is 0 Å². The fourth-order valence-electron chi connectivity index (χ4n) is 3.62. The van der Waals surface area contributed by atoms with Crippen LogP contribution >= 0.6 is 27.3 Å². The third-order valence-electron chi connectivity index (χ3n) is 5.20. The number of benzene rings is 2. The Kier molecular flexibility index (Phi) is 6.16. The van der Waals surface area contributed by atoms with Gasteiger partial charge in [-0.2, -0.15) is 0 Å². The van der Waals surface area contributed by atoms with E-state index in [0.717, 1.165) is 38.5 Å². The van der Waals surface area contributed by atoms with Gasteiger partial charge in [-0.05, 0) is 37.1 Å². The van der Waals surface area contributed by atoms with Crippen LogP contribution in [0.1, 0.15) is 19.5 Å². The summed E-state index contributed by atoms with van der Waals surface area (Å²) in [5.41, 5.74) is 4.26. The fraction of sp³-hybridized carbons (Fsp3) is 0.250. The molecule has 0 aliphatic rings. The average molecular weight is 497 g/mol. The molecule has 4 aromatic rings. The molecule has 0 saturated heterocycles. The molecule has 0 aliphatic carbocycles. The number of aromatic nitrogens is 3. The van der Waals surface area contributed by atoms with E-state index in [1.807, 2.05) is 61.1 Å². The van der Waals surface area contributed by atoms with E-state index in [1.54, 1.807) is 16.0 Å². The summed E-state index contributed by atoms with van der Waals surface area (Å²) in [7, 11) is 1.90. The molecule has 0 amide bonds. The summed E-state index contributed by atoms with van der Waals surface area (Å²) in [5.74, 6) is 0.442. The predicted molar refractivity (Wildman–Crippen MR) is 131 cm³/mol. The van der Waals surface area contributed by atoms with Crippen LogP contribution in [0.5, 0.6) is 0 Å². The molecule has 0 aliphatic heterocycles. The van der Waals surface area contributed by atoms with Crippen LogP contribution in [0.2, 0.25) is 0 Å². The van der Waals surface area contributed by atoms with Crippen molar-refractivity contribution in [2.45, 2.75) is 27.3 Å². The molecule has 0 spiro atoms. The zero-order valence-corrected chi connectivity index (χ0v) is 20.4. The van der Waals surface area contributed by atoms with Gasteiger partial charge in [-0.25, -0.2) is 9.67 Å². The van der Waals surface area contributed by atoms with Crippen molar-refractivity contribution in [2.75, 3.05) is 0 Å². The zero-order valence-electron chi connectivity index (χ0n) is 18.0. The summed E-state index contributed by atoms with van der Waals surface area (Å²) in [6.07, 6.45) is 0. The van der Waals surface area contributed by atoms with Crippen molar-refractivity contribution in [3.63, 3.8) is 0 Å². The molecule has 0 N–H and O–H groups in total. The number of nitrogens with zero attached hydrogens (tertiary/aromatic N) is 4. The van der Waals surface area contributed by atoms with Crippen molar-refractivity contribution in [3.8, 4) is 16.9 Å². The third kappa shape index (κ3) is 4.25. The predicted octanol–water partition coefficient (Wildman–Crippen LogP) is 5.67. The largest absolute Gasteiger partial charge is 0.316 e. The molecule has 7 heteroatoms. The third-order valence-corrected chi connectivity index (χ3v) is 6.55. The topological polar surface area (TPSA) is 44.2 Å². The Morgan fingerprint density at radius 1 is 1.10 bits per heavy atom. The number of para-hydroxylation sites is 1. The van der Waals surface area contributed by atoms with E-state index in [0.29, 0.717) is 11.6 Å². The molecule has 2 aromatic carbocycles. The summed E-state index contributed by atoms with van der Waals surface area (Å²) >= 11 is 5.14. The summed E-state index contributed by atoms with van der Waals surface area (Å²) in [6.45, 7) is 7.14. The SMILES string of the molecule is Cc1c(N=c2scc(-c3cccc(Br)c3)n2CC(C)C)c(=O)n(-c2ccccc2)n1C. The van der Waals surface area contributed by atoms with E-state index < -0.39 is 0 Å². The maximum atomic E-state index is 13.3. The number of halogens is 1. The van der Waals surface area contributed by atoms with Gasteiger partial charge in [-0.3, -0.25) is 9.48 Å². The van der Waals surface area contributed by atoms with Crippen molar-refractivity contribution in [1.82, 2.24) is 13.9 Å². The Morgan fingerprint density at radius 2 is 1.84 bits per heavy atom. The van der Waals surface area contributed by atoms with E-state index in [-0.39, 0.29) is 5.56 Å². The molecular formula is C24H25BrN4OS. The highest BCUT2D eigenvalue weighted by Gasteiger charge is 2.17. The van der Waals surface area contributed by atoms with Crippen LogP contribution in [0.3, 0.4) is 0 Å². The molecule has 0 saturated carbocycles. The van der Waals surface area contributed by atoms with Gasteiger partial charge in [0.15, 0.2) is 10.5 Å². The average Bonchev–Trinajstić information content (AvgIpc) is 3.22. The Balaban J connectivity index is 1.91. The number of hydrogen-bond donors (Lipinski definition) is 0. The second-order valence-electron chi connectivity index (χ2n) is 7.94. The van der Waals surface area contributed by atoms with Crippen LogP contribution in [0.15, 0.2) is 74.2 Å². The zero-order chi connectivity index (χ0) is 22.1. The molecule has 0 fully saturated rings. The van der Waals surface area contributed by atoms with E-state index >= 15 is 0 Å². The quantitative estimate of drug-likeness (QED) is 0.351. The van der Waals surface area contributed by atoms with E-state index in [9.17, 15) is 4.79 Å². The number of hydrogen-bond acceptors (Lipinski definition) is 3. The Morgan fingerprint density at radius 3 is 2.52 bits per heavy atom. The highest BCUT2D eigenvalue weighted by atomic mass is 79.9. The lowest BCUT2D eigenvalue weighted by atomic mass is 10.1. The first-order valence-electron chi connectivity index (χ1n) is 10.2. The van der Waals surface area contributed by atoms with Gasteiger partial charge < -0.3 is 4.57 Å². The molecule has 2 heterocycles. The van der Waals surface area contributed by atoms with Gasteiger partial charge in [-0.15, -0.1) is 11.3 Å². The lowest BCUT2D eigenvalue weighted by molar-refractivity contribution is 0.518. The lowest BCUT2D eigenvalue weighted by Crippen LogP contribution is -2.21. The standard InChI is InChI=1S/C24H25BrN4OS/c1-16(2)14-28-21(18-9-8-10-19(25)13-18)15-31-24(28)26-22-17(3)27(4)29(23(22)30)20-11-6-5-7-12-20/h5-13,15-16H,14H2,1-4H3. The molecule has 0 bridgehead atoms. The highest BCUT2D eigenvalue weighted by Crippen LogP contribution is 2.25. The number of rotatable bonds is 5. The maximum absolute atomic E-state index is 13.3. The van der Waals surface area contributed by atoms with E-state index in [4.69, 9.17) is 4.99 Å². The Bertz CT molecular complexity index is 1340. The fourth-order valence-corrected chi connectivity index (χ4v) is 4.94. The van der Waals surface area contributed by atoms with Crippen molar-refractivity contribution < 1.29 is 0 Å². The second kappa shape index (κ2) is 8.85. The van der Waals surface area contributed by atoms with Crippen LogP contribution in [0.25, 0.3) is 16.9 Å². The monoisotopic (exact) mass is 496 g/mol. The molecule has 0 atom stereocenters. The summed E-state index contributed by atoms with van der Waals surface area (Å²) in [6, 6.07) is 17.9. The summed E-state index contributed by atoms with van der Waals surface area (Å²) in [4.78, 5) is 19.0. The van der Waals surface area contributed by atoms with Crippen molar-refractivity contribution in [3.05, 3.63) is 85.3 Å². The van der Waals surface area contributed by atoms with Gasteiger partial charge in [0.2, 0.25) is 0 Å². The molecule has 0 unspecified atom stereocenters. The normalized spacial score (nSPS) is 12.1. The minimum absolute atomic E-state index is 0.111. The van der Waals surface area contributed by atoms with Gasteiger partial charge in [0, 0.05) is 29.0 Å². The maximum Gasteiger partial charge on any atom is 0.297 e. The first-order valence-corrected chi connectivity index (χ1v) is 11.9. The van der Waals surface area contributed by atoms with E-state index in [1.165, 1.54) is 0 Å². The minimum atomic E-state index is -0.111. The van der Waals surface area contributed by atoms with Crippen LogP contribution < -0.4 is 10.4 Å². The summed E-state index contributed by atoms with van der Waals surface area (Å²) < 4.78 is 6.79. The van der Waals surface area contributed by atoms with E-state index in [2.05, 4.69) is 51.9 Å². The van der Waals surface area contributed by atoms with Gasteiger partial charge in [-0.1, -0.05) is 60.1 Å². The van der Waals surface area contributed by atoms with Gasteiger partial charge in [0.1, 0.15) is 0 Å². The van der Waals surface area contributed by atoms with Crippen LogP contribution in [-0.4, -0.2) is 13.9 Å². The lowest BCUT2D eigenvalue weighted by Gasteiger charge is -2.11. The molecule has 2 aromatic heterocycles. The number of thiazole rings is 1. The molecule has 0 radical (unpaired) electrons. The Labute approximate surface area is 194 Å². The van der Waals surface area contributed by atoms with Crippen molar-refractivity contribution in [2.24, 2.45) is 18.0 Å². The van der Waals surface area contributed by atoms with Crippen molar-refractivity contribution >= 4 is 33.0 Å². The van der Waals surface area contributed by atoms with Crippen LogP contribution in [0.4, 0.5) is 5.69 Å². The molecule has 5 nitrogen and oxygen atoms in total. The highest BCUT2D eigenvalue weighted by molar-refractivity contribution is 9.10.